The van der Waals surface area contributed by atoms with Crippen molar-refractivity contribution in [1.82, 2.24) is 0 Å². The van der Waals surface area contributed by atoms with Crippen molar-refractivity contribution in [2.75, 3.05) is 7.11 Å². The fourth-order valence-electron chi connectivity index (χ4n) is 1.84. The van der Waals surface area contributed by atoms with Gasteiger partial charge in [0, 0.05) is 5.56 Å². The van der Waals surface area contributed by atoms with E-state index in [1.807, 2.05) is 37.3 Å². The van der Waals surface area contributed by atoms with Gasteiger partial charge in [-0.1, -0.05) is 30.3 Å². The Morgan fingerprint density at radius 1 is 1.05 bits per heavy atom. The van der Waals surface area contributed by atoms with E-state index >= 15 is 0 Å². The van der Waals surface area contributed by atoms with E-state index in [0.717, 1.165) is 11.8 Å². The van der Waals surface area contributed by atoms with Gasteiger partial charge < -0.3 is 9.47 Å². The maximum absolute atomic E-state index is 10.7. The number of hydrogen-bond donors (Lipinski definition) is 0. The summed E-state index contributed by atoms with van der Waals surface area (Å²) in [5.74, 6) is 1.19. The highest BCUT2D eigenvalue weighted by atomic mass is 16.5. The zero-order valence-electron chi connectivity index (χ0n) is 11.0. The summed E-state index contributed by atoms with van der Waals surface area (Å²) < 4.78 is 11.1. The smallest absolute Gasteiger partial charge is 0.162 e. The summed E-state index contributed by atoms with van der Waals surface area (Å²) in [4.78, 5) is 10.7. The number of hydrogen-bond acceptors (Lipinski definition) is 3. The van der Waals surface area contributed by atoms with Crippen molar-refractivity contribution < 1.29 is 14.3 Å². The van der Waals surface area contributed by atoms with Crippen LogP contribution in [0.2, 0.25) is 0 Å². The first kappa shape index (κ1) is 13.1. The third-order valence-electron chi connectivity index (χ3n) is 2.90. The summed E-state index contributed by atoms with van der Waals surface area (Å²) in [6, 6.07) is 15.1. The van der Waals surface area contributed by atoms with Crippen LogP contribution in [0.15, 0.2) is 48.5 Å². The van der Waals surface area contributed by atoms with Crippen molar-refractivity contribution >= 4 is 6.29 Å². The fourth-order valence-corrected chi connectivity index (χ4v) is 1.84. The molecule has 0 radical (unpaired) electrons. The number of methoxy groups -OCH3 is 1. The lowest BCUT2D eigenvalue weighted by molar-refractivity contribution is 0.112. The Balaban J connectivity index is 2.21. The molecule has 0 aliphatic rings. The molecule has 98 valence electrons. The molecule has 0 bridgehead atoms. The van der Waals surface area contributed by atoms with Crippen molar-refractivity contribution in [2.45, 2.75) is 13.0 Å². The number of ether oxygens (including phenoxy) is 2. The van der Waals surface area contributed by atoms with Crippen LogP contribution in [0.25, 0.3) is 0 Å². The molecule has 3 nitrogen and oxygen atoms in total. The van der Waals surface area contributed by atoms with E-state index in [9.17, 15) is 4.79 Å². The van der Waals surface area contributed by atoms with Crippen LogP contribution in [0.5, 0.6) is 11.5 Å². The van der Waals surface area contributed by atoms with Gasteiger partial charge in [-0.05, 0) is 30.7 Å². The third kappa shape index (κ3) is 3.13. The minimum atomic E-state index is -0.0859. The van der Waals surface area contributed by atoms with Crippen LogP contribution in [-0.2, 0) is 0 Å². The van der Waals surface area contributed by atoms with Crippen LogP contribution >= 0.6 is 0 Å². The lowest BCUT2D eigenvalue weighted by atomic mass is 10.1. The van der Waals surface area contributed by atoms with E-state index in [1.165, 1.54) is 0 Å². The highest BCUT2D eigenvalue weighted by Crippen LogP contribution is 2.31. The van der Waals surface area contributed by atoms with Crippen molar-refractivity contribution in [3.8, 4) is 11.5 Å². The van der Waals surface area contributed by atoms with Gasteiger partial charge in [0.25, 0.3) is 0 Å². The van der Waals surface area contributed by atoms with E-state index in [-0.39, 0.29) is 6.10 Å². The fraction of sp³-hybridized carbons (Fsp3) is 0.188. The van der Waals surface area contributed by atoms with Gasteiger partial charge in [0.05, 0.1) is 7.11 Å². The second-order valence-electron chi connectivity index (χ2n) is 4.20. The van der Waals surface area contributed by atoms with Gasteiger partial charge in [0.2, 0.25) is 0 Å². The van der Waals surface area contributed by atoms with Crippen LogP contribution in [0, 0.1) is 0 Å². The Morgan fingerprint density at radius 3 is 2.42 bits per heavy atom. The molecule has 3 heteroatoms. The summed E-state index contributed by atoms with van der Waals surface area (Å²) in [7, 11) is 1.56. The Morgan fingerprint density at radius 2 is 1.79 bits per heavy atom. The Hall–Kier alpha value is -2.29. The molecular formula is C16H16O3. The second-order valence-corrected chi connectivity index (χ2v) is 4.20. The second kappa shape index (κ2) is 6.05. The van der Waals surface area contributed by atoms with Gasteiger partial charge in [-0.2, -0.15) is 0 Å². The number of benzene rings is 2. The molecule has 0 amide bonds. The van der Waals surface area contributed by atoms with E-state index < -0.39 is 0 Å². The van der Waals surface area contributed by atoms with Crippen LogP contribution < -0.4 is 9.47 Å². The molecule has 0 heterocycles. The molecule has 2 aromatic carbocycles. The van der Waals surface area contributed by atoms with Crippen molar-refractivity contribution in [3.63, 3.8) is 0 Å². The topological polar surface area (TPSA) is 35.5 Å². The molecule has 2 aromatic rings. The molecule has 0 aromatic heterocycles. The van der Waals surface area contributed by atoms with Gasteiger partial charge in [-0.3, -0.25) is 4.79 Å². The highest BCUT2D eigenvalue weighted by Gasteiger charge is 2.11. The van der Waals surface area contributed by atoms with E-state index in [4.69, 9.17) is 9.47 Å². The van der Waals surface area contributed by atoms with Crippen molar-refractivity contribution in [2.24, 2.45) is 0 Å². The molecule has 0 saturated carbocycles. The van der Waals surface area contributed by atoms with Gasteiger partial charge in [-0.15, -0.1) is 0 Å². The van der Waals surface area contributed by atoms with E-state index in [0.29, 0.717) is 17.1 Å². The monoisotopic (exact) mass is 256 g/mol. The predicted octanol–water partition coefficient (Wildman–Crippen LogP) is 3.65. The lowest BCUT2D eigenvalue weighted by Gasteiger charge is -2.17. The molecule has 0 unspecified atom stereocenters. The number of aldehydes is 1. The first-order chi connectivity index (χ1) is 9.24. The number of carbonyl (C=O) groups excluding carboxylic acids is 1. The Labute approximate surface area is 112 Å². The quantitative estimate of drug-likeness (QED) is 0.766. The largest absolute Gasteiger partial charge is 0.493 e. The summed E-state index contributed by atoms with van der Waals surface area (Å²) in [6.07, 6.45) is 0.699. The van der Waals surface area contributed by atoms with Crippen LogP contribution in [0.4, 0.5) is 0 Å². The molecule has 2 rings (SSSR count). The van der Waals surface area contributed by atoms with E-state index in [1.54, 1.807) is 25.3 Å². The van der Waals surface area contributed by atoms with Crippen LogP contribution in [0.1, 0.15) is 28.9 Å². The third-order valence-corrected chi connectivity index (χ3v) is 2.90. The first-order valence-corrected chi connectivity index (χ1v) is 6.09. The molecule has 0 aliphatic carbocycles. The summed E-state index contributed by atoms with van der Waals surface area (Å²) in [5, 5.41) is 0. The van der Waals surface area contributed by atoms with E-state index in [2.05, 4.69) is 0 Å². The van der Waals surface area contributed by atoms with Gasteiger partial charge >= 0.3 is 0 Å². The molecule has 0 saturated heterocycles. The number of carbonyl (C=O) groups is 1. The van der Waals surface area contributed by atoms with Gasteiger partial charge in [0.15, 0.2) is 11.5 Å². The zero-order valence-corrected chi connectivity index (χ0v) is 11.0. The van der Waals surface area contributed by atoms with Gasteiger partial charge in [0.1, 0.15) is 12.4 Å². The summed E-state index contributed by atoms with van der Waals surface area (Å²) in [5.41, 5.74) is 1.65. The zero-order chi connectivity index (χ0) is 13.7. The minimum absolute atomic E-state index is 0.0859. The van der Waals surface area contributed by atoms with Crippen LogP contribution in [-0.4, -0.2) is 13.4 Å². The average Bonchev–Trinajstić information content (AvgIpc) is 2.48. The highest BCUT2D eigenvalue weighted by molar-refractivity contribution is 5.76. The summed E-state index contributed by atoms with van der Waals surface area (Å²) in [6.45, 7) is 1.97. The predicted molar refractivity (Wildman–Crippen MR) is 73.9 cm³/mol. The Bertz CT molecular complexity index is 549. The molecule has 0 fully saturated rings. The normalized spacial score (nSPS) is 11.7. The summed E-state index contributed by atoms with van der Waals surface area (Å²) >= 11 is 0. The maximum atomic E-state index is 10.7. The van der Waals surface area contributed by atoms with Crippen molar-refractivity contribution in [3.05, 3.63) is 59.7 Å². The molecular weight excluding hydrogens is 240 g/mol. The molecule has 0 spiro atoms. The van der Waals surface area contributed by atoms with Gasteiger partial charge in [-0.25, -0.2) is 0 Å². The molecule has 0 aliphatic heterocycles. The standard InChI is InChI=1S/C16H16O3/c1-12(14-6-4-3-5-7-14)19-15-9-8-13(11-17)10-16(15)18-2/h3-12H,1-2H3/t12-/m0/s1. The van der Waals surface area contributed by atoms with Crippen LogP contribution in [0.3, 0.4) is 0 Å². The van der Waals surface area contributed by atoms with Crippen molar-refractivity contribution in [1.29, 1.82) is 0 Å². The maximum Gasteiger partial charge on any atom is 0.162 e. The first-order valence-electron chi connectivity index (χ1n) is 6.09. The molecule has 0 N–H and O–H groups in total. The number of rotatable bonds is 5. The lowest BCUT2D eigenvalue weighted by Crippen LogP contribution is -2.04. The molecule has 1 atom stereocenters. The SMILES string of the molecule is COc1cc(C=O)ccc1O[C@@H](C)c1ccccc1. The minimum Gasteiger partial charge on any atom is -0.493 e. The molecule has 19 heavy (non-hydrogen) atoms. The average molecular weight is 256 g/mol. The Kier molecular flexibility index (Phi) is 4.18.